The molecule has 0 bridgehead atoms. The zero-order chi connectivity index (χ0) is 11.8. The lowest BCUT2D eigenvalue weighted by Gasteiger charge is -2.05. The van der Waals surface area contributed by atoms with Gasteiger partial charge in [0, 0.05) is 11.0 Å². The second-order valence-corrected chi connectivity index (χ2v) is 4.37. The minimum Gasteiger partial charge on any atom is -0.463 e. The van der Waals surface area contributed by atoms with E-state index in [0.717, 1.165) is 16.2 Å². The molecule has 0 spiro atoms. The lowest BCUT2D eigenvalue weighted by molar-refractivity contribution is -0.137. The van der Waals surface area contributed by atoms with Crippen LogP contribution in [0.15, 0.2) is 36.4 Å². The molecule has 1 aromatic rings. The highest BCUT2D eigenvalue weighted by Gasteiger charge is 2.04. The van der Waals surface area contributed by atoms with Crippen molar-refractivity contribution in [2.45, 2.75) is 13.8 Å². The molecule has 2 nitrogen and oxygen atoms in total. The number of hydrogen-bond acceptors (Lipinski definition) is 3. The molecule has 0 saturated carbocycles. The van der Waals surface area contributed by atoms with Crippen LogP contribution in [-0.4, -0.2) is 18.3 Å². The quantitative estimate of drug-likeness (QED) is 0.579. The molecule has 0 aliphatic heterocycles. The molecule has 0 fully saturated rings. The first-order valence-electron chi connectivity index (χ1n) is 5.34. The third kappa shape index (κ3) is 4.11. The molecule has 0 unspecified atom stereocenters. The number of hydrogen-bond donors (Lipinski definition) is 0. The van der Waals surface area contributed by atoms with E-state index >= 15 is 0 Å². The number of rotatable bonds is 5. The topological polar surface area (TPSA) is 26.3 Å². The van der Waals surface area contributed by atoms with E-state index in [9.17, 15) is 4.79 Å². The number of thioether (sulfide) groups is 1. The summed E-state index contributed by atoms with van der Waals surface area (Å²) < 4.78 is 4.91. The first kappa shape index (κ1) is 12.8. The summed E-state index contributed by atoms with van der Waals surface area (Å²) in [4.78, 5) is 12.3. The first-order chi connectivity index (χ1) is 7.77. The maximum atomic E-state index is 11.4. The molecule has 1 rings (SSSR count). The van der Waals surface area contributed by atoms with Gasteiger partial charge in [-0.05, 0) is 18.2 Å². The third-order valence-electron chi connectivity index (χ3n) is 1.89. The van der Waals surface area contributed by atoms with Crippen LogP contribution in [-0.2, 0) is 9.53 Å². The molecule has 0 amide bonds. The number of ether oxygens (including phenoxy) is 1. The van der Waals surface area contributed by atoms with Gasteiger partial charge >= 0.3 is 5.97 Å². The Morgan fingerprint density at radius 1 is 1.31 bits per heavy atom. The van der Waals surface area contributed by atoms with Crippen molar-refractivity contribution in [3.05, 3.63) is 42.0 Å². The van der Waals surface area contributed by atoms with E-state index in [4.69, 9.17) is 4.74 Å². The highest BCUT2D eigenvalue weighted by Crippen LogP contribution is 2.26. The van der Waals surface area contributed by atoms with E-state index in [-0.39, 0.29) is 5.97 Å². The van der Waals surface area contributed by atoms with Crippen LogP contribution in [0, 0.1) is 0 Å². The fraction of sp³-hybridized carbons (Fsp3) is 0.308. The van der Waals surface area contributed by atoms with E-state index in [1.54, 1.807) is 24.8 Å². The van der Waals surface area contributed by atoms with Crippen LogP contribution in [0.3, 0.4) is 0 Å². The van der Waals surface area contributed by atoms with Crippen LogP contribution >= 0.6 is 11.8 Å². The van der Waals surface area contributed by atoms with Crippen molar-refractivity contribution in [3.63, 3.8) is 0 Å². The maximum absolute atomic E-state index is 11.4. The van der Waals surface area contributed by atoms with E-state index in [1.807, 2.05) is 30.3 Å². The van der Waals surface area contributed by atoms with Gasteiger partial charge in [-0.2, -0.15) is 0 Å². The first-order valence-corrected chi connectivity index (χ1v) is 6.33. The van der Waals surface area contributed by atoms with E-state index in [0.29, 0.717) is 6.61 Å². The van der Waals surface area contributed by atoms with Crippen molar-refractivity contribution < 1.29 is 9.53 Å². The van der Waals surface area contributed by atoms with Crippen molar-refractivity contribution in [2.24, 2.45) is 0 Å². The Labute approximate surface area is 101 Å². The summed E-state index contributed by atoms with van der Waals surface area (Å²) in [5, 5.41) is 0. The largest absolute Gasteiger partial charge is 0.463 e. The molecule has 0 aliphatic carbocycles. The van der Waals surface area contributed by atoms with Gasteiger partial charge in [-0.3, -0.25) is 0 Å². The van der Waals surface area contributed by atoms with Crippen LogP contribution in [0.5, 0.6) is 0 Å². The summed E-state index contributed by atoms with van der Waals surface area (Å²) in [6.45, 7) is 4.28. The Balaban J connectivity index is 2.86. The normalized spacial score (nSPS) is 11.2. The van der Waals surface area contributed by atoms with Gasteiger partial charge < -0.3 is 4.74 Å². The molecule has 0 aromatic heterocycles. The van der Waals surface area contributed by atoms with Crippen LogP contribution in [0.4, 0.5) is 0 Å². The van der Waals surface area contributed by atoms with Crippen molar-refractivity contribution in [1.82, 2.24) is 0 Å². The molecule has 0 radical (unpaired) electrons. The standard InChI is InChI=1S/C13H16O2S/c1-3-15-13(14)10-12(16-4-2)11-8-6-5-7-9-11/h5-10H,3-4H2,1-2H3/b12-10+. The van der Waals surface area contributed by atoms with Gasteiger partial charge in [0.05, 0.1) is 6.61 Å². The molecule has 16 heavy (non-hydrogen) atoms. The Hall–Kier alpha value is -1.22. The van der Waals surface area contributed by atoms with Gasteiger partial charge in [-0.1, -0.05) is 37.3 Å². The van der Waals surface area contributed by atoms with Gasteiger partial charge in [0.15, 0.2) is 0 Å². The number of carbonyl (C=O) groups excluding carboxylic acids is 1. The van der Waals surface area contributed by atoms with Crippen molar-refractivity contribution in [1.29, 1.82) is 0 Å². The van der Waals surface area contributed by atoms with Crippen molar-refractivity contribution in [3.8, 4) is 0 Å². The maximum Gasteiger partial charge on any atom is 0.331 e. The second kappa shape index (κ2) is 7.12. The summed E-state index contributed by atoms with van der Waals surface area (Å²) in [6, 6.07) is 9.87. The van der Waals surface area contributed by atoms with E-state index in [1.165, 1.54) is 0 Å². The third-order valence-corrected chi connectivity index (χ3v) is 2.85. The van der Waals surface area contributed by atoms with Gasteiger partial charge in [0.2, 0.25) is 0 Å². The number of benzene rings is 1. The molecule has 0 heterocycles. The fourth-order valence-electron chi connectivity index (χ4n) is 1.26. The summed E-state index contributed by atoms with van der Waals surface area (Å²) in [6.07, 6.45) is 1.56. The summed E-state index contributed by atoms with van der Waals surface area (Å²) in [5.74, 6) is 0.655. The molecular formula is C13H16O2S. The lowest BCUT2D eigenvalue weighted by Crippen LogP contribution is -2.00. The van der Waals surface area contributed by atoms with E-state index < -0.39 is 0 Å². The average molecular weight is 236 g/mol. The summed E-state index contributed by atoms with van der Waals surface area (Å²) in [7, 11) is 0. The number of carbonyl (C=O) groups is 1. The van der Waals surface area contributed by atoms with Gasteiger partial charge in [-0.25, -0.2) is 4.79 Å². The molecule has 0 aliphatic rings. The SMILES string of the molecule is CCOC(=O)/C=C(/SCC)c1ccccc1. The Morgan fingerprint density at radius 3 is 2.56 bits per heavy atom. The second-order valence-electron chi connectivity index (χ2n) is 3.06. The monoisotopic (exact) mass is 236 g/mol. The molecule has 0 atom stereocenters. The van der Waals surface area contributed by atoms with Crippen LogP contribution in [0.1, 0.15) is 19.4 Å². The fourth-order valence-corrected chi connectivity index (χ4v) is 2.05. The zero-order valence-electron chi connectivity index (χ0n) is 9.60. The molecule has 3 heteroatoms. The summed E-state index contributed by atoms with van der Waals surface area (Å²) in [5.41, 5.74) is 1.06. The molecular weight excluding hydrogens is 220 g/mol. The highest BCUT2D eigenvalue weighted by molar-refractivity contribution is 8.08. The van der Waals surface area contributed by atoms with Crippen molar-refractivity contribution in [2.75, 3.05) is 12.4 Å². The highest BCUT2D eigenvalue weighted by atomic mass is 32.2. The average Bonchev–Trinajstić information content (AvgIpc) is 2.30. The molecule has 86 valence electrons. The number of esters is 1. The van der Waals surface area contributed by atoms with Crippen LogP contribution < -0.4 is 0 Å². The molecule has 0 saturated heterocycles. The molecule has 1 aromatic carbocycles. The predicted molar refractivity (Wildman–Crippen MR) is 69.2 cm³/mol. The Morgan fingerprint density at radius 2 is 2.00 bits per heavy atom. The lowest BCUT2D eigenvalue weighted by atomic mass is 10.2. The van der Waals surface area contributed by atoms with Gasteiger partial charge in [0.25, 0.3) is 0 Å². The minimum atomic E-state index is -0.276. The Kier molecular flexibility index (Phi) is 5.72. The molecule has 0 N–H and O–H groups in total. The van der Waals surface area contributed by atoms with Gasteiger partial charge in [-0.15, -0.1) is 11.8 Å². The Bertz CT molecular complexity index is 357. The van der Waals surface area contributed by atoms with Crippen LogP contribution in [0.25, 0.3) is 4.91 Å². The van der Waals surface area contributed by atoms with Crippen molar-refractivity contribution >= 4 is 22.6 Å². The minimum absolute atomic E-state index is 0.276. The van der Waals surface area contributed by atoms with Crippen LogP contribution in [0.2, 0.25) is 0 Å². The smallest absolute Gasteiger partial charge is 0.331 e. The predicted octanol–water partition coefficient (Wildman–Crippen LogP) is 3.34. The summed E-state index contributed by atoms with van der Waals surface area (Å²) >= 11 is 1.64. The van der Waals surface area contributed by atoms with Gasteiger partial charge in [0.1, 0.15) is 0 Å². The zero-order valence-corrected chi connectivity index (χ0v) is 10.4. The van der Waals surface area contributed by atoms with E-state index in [2.05, 4.69) is 6.92 Å².